The quantitative estimate of drug-likeness (QED) is 0.710. The molecule has 1 heterocycles. The van der Waals surface area contributed by atoms with Gasteiger partial charge in [0, 0.05) is 26.8 Å². The summed E-state index contributed by atoms with van der Waals surface area (Å²) in [5, 5.41) is 3.36. The van der Waals surface area contributed by atoms with Crippen LogP contribution in [-0.2, 0) is 9.47 Å². The van der Waals surface area contributed by atoms with E-state index in [0.29, 0.717) is 12.7 Å². The van der Waals surface area contributed by atoms with Crippen LogP contribution in [0.5, 0.6) is 0 Å². The highest BCUT2D eigenvalue weighted by molar-refractivity contribution is 5.22. The van der Waals surface area contributed by atoms with E-state index in [-0.39, 0.29) is 11.7 Å². The highest BCUT2D eigenvalue weighted by Crippen LogP contribution is 2.27. The SMILES string of the molecule is COCCNCC(CCC1CCCO1)c1ccccc1F. The molecule has 2 atom stereocenters. The summed E-state index contributed by atoms with van der Waals surface area (Å²) in [4.78, 5) is 0. The second-order valence-corrected chi connectivity index (χ2v) is 5.63. The van der Waals surface area contributed by atoms with Crippen LogP contribution in [-0.4, -0.2) is 39.5 Å². The lowest BCUT2D eigenvalue weighted by Gasteiger charge is -2.20. The van der Waals surface area contributed by atoms with Gasteiger partial charge in [-0.25, -0.2) is 4.39 Å². The molecule has 3 nitrogen and oxygen atoms in total. The second-order valence-electron chi connectivity index (χ2n) is 5.63. The monoisotopic (exact) mass is 295 g/mol. The van der Waals surface area contributed by atoms with Crippen molar-refractivity contribution >= 4 is 0 Å². The molecule has 2 unspecified atom stereocenters. The van der Waals surface area contributed by atoms with Crippen LogP contribution in [0, 0.1) is 5.82 Å². The third-order valence-electron chi connectivity index (χ3n) is 4.08. The molecule has 1 fully saturated rings. The van der Waals surface area contributed by atoms with Gasteiger partial charge in [-0.2, -0.15) is 0 Å². The zero-order chi connectivity index (χ0) is 14.9. The first kappa shape index (κ1) is 16.4. The van der Waals surface area contributed by atoms with Crippen LogP contribution in [0.2, 0.25) is 0 Å². The standard InChI is InChI=1S/C17H26FNO2/c1-20-12-10-19-13-14(8-9-15-5-4-11-21-15)16-6-2-3-7-17(16)18/h2-3,6-7,14-15,19H,4-5,8-13H2,1H3. The van der Waals surface area contributed by atoms with E-state index in [4.69, 9.17) is 9.47 Å². The fraction of sp³-hybridized carbons (Fsp3) is 0.647. The van der Waals surface area contributed by atoms with Crippen LogP contribution < -0.4 is 5.32 Å². The summed E-state index contributed by atoms with van der Waals surface area (Å²) in [6, 6.07) is 7.10. The molecule has 0 bridgehead atoms. The summed E-state index contributed by atoms with van der Waals surface area (Å²) < 4.78 is 24.7. The predicted octanol–water partition coefficient (Wildman–Crippen LogP) is 3.10. The minimum atomic E-state index is -0.108. The number of nitrogens with one attached hydrogen (secondary N) is 1. The lowest BCUT2D eigenvalue weighted by molar-refractivity contribution is 0.100. The van der Waals surface area contributed by atoms with Crippen LogP contribution in [0.4, 0.5) is 4.39 Å². The molecule has 1 aromatic carbocycles. The van der Waals surface area contributed by atoms with E-state index in [0.717, 1.165) is 50.9 Å². The van der Waals surface area contributed by atoms with Gasteiger partial charge in [-0.1, -0.05) is 18.2 Å². The summed E-state index contributed by atoms with van der Waals surface area (Å²) >= 11 is 0. The number of hydrogen-bond donors (Lipinski definition) is 1. The molecule has 4 heteroatoms. The molecule has 0 radical (unpaired) electrons. The molecule has 1 aromatic rings. The average Bonchev–Trinajstić information content (AvgIpc) is 3.01. The highest BCUT2D eigenvalue weighted by atomic mass is 19.1. The topological polar surface area (TPSA) is 30.5 Å². The summed E-state index contributed by atoms with van der Waals surface area (Å²) in [5.41, 5.74) is 0.806. The summed E-state index contributed by atoms with van der Waals surface area (Å²) in [6.45, 7) is 3.12. The maximum atomic E-state index is 14.0. The van der Waals surface area contributed by atoms with Gasteiger partial charge in [0.05, 0.1) is 12.7 Å². The average molecular weight is 295 g/mol. The molecule has 0 spiro atoms. The van der Waals surface area contributed by atoms with Crippen LogP contribution in [0.15, 0.2) is 24.3 Å². The Bertz CT molecular complexity index is 408. The molecule has 118 valence electrons. The van der Waals surface area contributed by atoms with Gasteiger partial charge in [0.15, 0.2) is 0 Å². The number of benzene rings is 1. The molecule has 1 aliphatic rings. The maximum Gasteiger partial charge on any atom is 0.126 e. The van der Waals surface area contributed by atoms with Gasteiger partial charge in [0.25, 0.3) is 0 Å². The Morgan fingerprint density at radius 1 is 1.43 bits per heavy atom. The van der Waals surface area contributed by atoms with Crippen LogP contribution in [0.3, 0.4) is 0 Å². The van der Waals surface area contributed by atoms with E-state index >= 15 is 0 Å². The molecule has 1 N–H and O–H groups in total. The summed E-state index contributed by atoms with van der Waals surface area (Å²) in [6.07, 6.45) is 4.61. The Morgan fingerprint density at radius 2 is 2.29 bits per heavy atom. The fourth-order valence-corrected chi connectivity index (χ4v) is 2.88. The number of halogens is 1. The Kier molecular flexibility index (Phi) is 7.13. The maximum absolute atomic E-state index is 14.0. The molecular formula is C17H26FNO2. The Labute approximate surface area is 126 Å². The Morgan fingerprint density at radius 3 is 3.00 bits per heavy atom. The molecule has 0 aliphatic carbocycles. The van der Waals surface area contributed by atoms with Crippen LogP contribution in [0.1, 0.15) is 37.2 Å². The lowest BCUT2D eigenvalue weighted by atomic mass is 9.92. The molecule has 0 aromatic heterocycles. The van der Waals surface area contributed by atoms with Crippen LogP contribution in [0.25, 0.3) is 0 Å². The molecule has 1 aliphatic heterocycles. The van der Waals surface area contributed by atoms with Crippen molar-refractivity contribution in [1.29, 1.82) is 0 Å². The zero-order valence-electron chi connectivity index (χ0n) is 12.8. The number of methoxy groups -OCH3 is 1. The van der Waals surface area contributed by atoms with E-state index in [9.17, 15) is 4.39 Å². The van der Waals surface area contributed by atoms with Crippen molar-refractivity contribution in [3.05, 3.63) is 35.6 Å². The van der Waals surface area contributed by atoms with E-state index in [1.165, 1.54) is 0 Å². The third kappa shape index (κ3) is 5.38. The van der Waals surface area contributed by atoms with Crippen LogP contribution >= 0.6 is 0 Å². The Hall–Kier alpha value is -0.970. The van der Waals surface area contributed by atoms with Crippen molar-refractivity contribution in [1.82, 2.24) is 5.32 Å². The minimum Gasteiger partial charge on any atom is -0.383 e. The van der Waals surface area contributed by atoms with Gasteiger partial charge in [-0.05, 0) is 43.2 Å². The van der Waals surface area contributed by atoms with Crippen molar-refractivity contribution < 1.29 is 13.9 Å². The van der Waals surface area contributed by atoms with Gasteiger partial charge in [-0.15, -0.1) is 0 Å². The number of ether oxygens (including phenoxy) is 2. The van der Waals surface area contributed by atoms with Crippen molar-refractivity contribution in [2.24, 2.45) is 0 Å². The third-order valence-corrected chi connectivity index (χ3v) is 4.08. The van der Waals surface area contributed by atoms with E-state index in [2.05, 4.69) is 5.32 Å². The molecule has 0 amide bonds. The van der Waals surface area contributed by atoms with Crippen molar-refractivity contribution in [2.75, 3.05) is 33.4 Å². The fourth-order valence-electron chi connectivity index (χ4n) is 2.88. The first-order chi connectivity index (χ1) is 10.3. The van der Waals surface area contributed by atoms with Gasteiger partial charge in [-0.3, -0.25) is 0 Å². The van der Waals surface area contributed by atoms with E-state index in [1.807, 2.05) is 12.1 Å². The Balaban J connectivity index is 1.90. The summed E-state index contributed by atoms with van der Waals surface area (Å²) in [5.74, 6) is 0.0793. The first-order valence-electron chi connectivity index (χ1n) is 7.87. The van der Waals surface area contributed by atoms with E-state index in [1.54, 1.807) is 19.2 Å². The first-order valence-corrected chi connectivity index (χ1v) is 7.87. The molecule has 0 saturated carbocycles. The predicted molar refractivity (Wildman–Crippen MR) is 82.1 cm³/mol. The van der Waals surface area contributed by atoms with Gasteiger partial charge < -0.3 is 14.8 Å². The minimum absolute atomic E-state index is 0.108. The van der Waals surface area contributed by atoms with Crippen molar-refractivity contribution in [3.8, 4) is 0 Å². The highest BCUT2D eigenvalue weighted by Gasteiger charge is 2.20. The molecule has 2 rings (SSSR count). The van der Waals surface area contributed by atoms with Gasteiger partial charge in [0.2, 0.25) is 0 Å². The van der Waals surface area contributed by atoms with Crippen molar-refractivity contribution in [3.63, 3.8) is 0 Å². The molecule has 21 heavy (non-hydrogen) atoms. The molecule has 1 saturated heterocycles. The number of rotatable bonds is 9. The van der Waals surface area contributed by atoms with E-state index < -0.39 is 0 Å². The largest absolute Gasteiger partial charge is 0.383 e. The molecular weight excluding hydrogens is 269 g/mol. The smallest absolute Gasteiger partial charge is 0.126 e. The normalized spacial score (nSPS) is 19.8. The lowest BCUT2D eigenvalue weighted by Crippen LogP contribution is -2.26. The van der Waals surface area contributed by atoms with Crippen molar-refractivity contribution in [2.45, 2.75) is 37.7 Å². The summed E-state index contributed by atoms with van der Waals surface area (Å²) in [7, 11) is 1.69. The number of hydrogen-bond acceptors (Lipinski definition) is 3. The zero-order valence-corrected chi connectivity index (χ0v) is 12.8. The van der Waals surface area contributed by atoms with Gasteiger partial charge in [0.1, 0.15) is 5.82 Å². The van der Waals surface area contributed by atoms with Gasteiger partial charge >= 0.3 is 0 Å². The second kappa shape index (κ2) is 9.13.